The van der Waals surface area contributed by atoms with Gasteiger partial charge in [0.25, 0.3) is 0 Å². The standard InChI is InChI=1S/C18H29N3/c1-14(20-15(2)18-10-3-4-11-19-18)16-7-6-12-21(13-16)17-8-5-9-17/h3-4,10-11,14-17,20H,5-9,12-13H2,1-2H3/t14-,15-,16+/m0/s1. The van der Waals surface area contributed by atoms with Crippen LogP contribution in [0.3, 0.4) is 0 Å². The average molecular weight is 287 g/mol. The van der Waals surface area contributed by atoms with Gasteiger partial charge in [0.2, 0.25) is 0 Å². The van der Waals surface area contributed by atoms with Crippen LogP contribution in [-0.4, -0.2) is 35.1 Å². The fourth-order valence-corrected chi connectivity index (χ4v) is 3.78. The molecule has 3 heteroatoms. The summed E-state index contributed by atoms with van der Waals surface area (Å²) in [6, 6.07) is 7.96. The van der Waals surface area contributed by atoms with Crippen molar-refractivity contribution in [2.45, 2.75) is 64.1 Å². The van der Waals surface area contributed by atoms with Gasteiger partial charge in [0.15, 0.2) is 0 Å². The van der Waals surface area contributed by atoms with Gasteiger partial charge < -0.3 is 10.2 Å². The molecule has 21 heavy (non-hydrogen) atoms. The van der Waals surface area contributed by atoms with Gasteiger partial charge in [-0.15, -0.1) is 0 Å². The lowest BCUT2D eigenvalue weighted by Crippen LogP contribution is -2.50. The van der Waals surface area contributed by atoms with Gasteiger partial charge in [-0.25, -0.2) is 0 Å². The molecule has 0 amide bonds. The quantitative estimate of drug-likeness (QED) is 0.900. The molecule has 3 rings (SSSR count). The van der Waals surface area contributed by atoms with Crippen molar-refractivity contribution in [3.8, 4) is 0 Å². The van der Waals surface area contributed by atoms with Gasteiger partial charge in [-0.3, -0.25) is 4.98 Å². The van der Waals surface area contributed by atoms with Gasteiger partial charge in [-0.2, -0.15) is 0 Å². The van der Waals surface area contributed by atoms with Gasteiger partial charge in [0.1, 0.15) is 0 Å². The molecule has 1 N–H and O–H groups in total. The minimum absolute atomic E-state index is 0.334. The highest BCUT2D eigenvalue weighted by Crippen LogP contribution is 2.30. The molecule has 116 valence electrons. The summed E-state index contributed by atoms with van der Waals surface area (Å²) in [6.07, 6.45) is 8.92. The summed E-state index contributed by atoms with van der Waals surface area (Å²) in [5.74, 6) is 0.783. The Balaban J connectivity index is 1.53. The van der Waals surface area contributed by atoms with Crippen LogP contribution in [0.15, 0.2) is 24.4 Å². The van der Waals surface area contributed by atoms with Crippen LogP contribution in [-0.2, 0) is 0 Å². The first-order valence-electron chi connectivity index (χ1n) is 8.65. The summed E-state index contributed by atoms with van der Waals surface area (Å²) >= 11 is 0. The van der Waals surface area contributed by atoms with Crippen molar-refractivity contribution >= 4 is 0 Å². The van der Waals surface area contributed by atoms with Crippen molar-refractivity contribution in [1.82, 2.24) is 15.2 Å². The minimum Gasteiger partial charge on any atom is -0.306 e. The van der Waals surface area contributed by atoms with E-state index in [4.69, 9.17) is 0 Å². The van der Waals surface area contributed by atoms with Crippen molar-refractivity contribution in [2.75, 3.05) is 13.1 Å². The van der Waals surface area contributed by atoms with Crippen LogP contribution in [0.4, 0.5) is 0 Å². The third-order valence-electron chi connectivity index (χ3n) is 5.43. The van der Waals surface area contributed by atoms with Crippen molar-refractivity contribution in [3.63, 3.8) is 0 Å². The lowest BCUT2D eigenvalue weighted by molar-refractivity contribution is 0.0654. The van der Waals surface area contributed by atoms with E-state index in [1.165, 1.54) is 45.2 Å². The zero-order valence-corrected chi connectivity index (χ0v) is 13.5. The molecule has 0 spiro atoms. The molecule has 1 aromatic rings. The highest BCUT2D eigenvalue weighted by Gasteiger charge is 2.31. The third-order valence-corrected chi connectivity index (χ3v) is 5.43. The number of nitrogens with zero attached hydrogens (tertiary/aromatic N) is 2. The molecule has 3 nitrogen and oxygen atoms in total. The smallest absolute Gasteiger partial charge is 0.0570 e. The summed E-state index contributed by atoms with van der Waals surface area (Å²) in [6.45, 7) is 7.19. The van der Waals surface area contributed by atoms with E-state index in [0.717, 1.165) is 17.7 Å². The zero-order chi connectivity index (χ0) is 14.7. The maximum atomic E-state index is 4.47. The largest absolute Gasteiger partial charge is 0.306 e. The first-order valence-corrected chi connectivity index (χ1v) is 8.65. The van der Waals surface area contributed by atoms with E-state index in [1.54, 1.807) is 0 Å². The van der Waals surface area contributed by atoms with E-state index < -0.39 is 0 Å². The van der Waals surface area contributed by atoms with Gasteiger partial charge in [0.05, 0.1) is 5.69 Å². The van der Waals surface area contributed by atoms with Crippen molar-refractivity contribution < 1.29 is 0 Å². The summed E-state index contributed by atoms with van der Waals surface area (Å²) in [7, 11) is 0. The van der Waals surface area contributed by atoms with Crippen LogP contribution in [0.2, 0.25) is 0 Å². The third kappa shape index (κ3) is 3.64. The Kier molecular flexibility index (Phi) is 4.91. The molecular weight excluding hydrogens is 258 g/mol. The first-order chi connectivity index (χ1) is 10.2. The molecular formula is C18H29N3. The lowest BCUT2D eigenvalue weighted by atomic mass is 9.85. The molecule has 1 aliphatic heterocycles. The number of likely N-dealkylation sites (tertiary alicyclic amines) is 1. The van der Waals surface area contributed by atoms with Crippen molar-refractivity contribution in [1.29, 1.82) is 0 Å². The van der Waals surface area contributed by atoms with E-state index in [2.05, 4.69) is 41.2 Å². The molecule has 2 heterocycles. The van der Waals surface area contributed by atoms with E-state index in [0.29, 0.717) is 12.1 Å². The number of piperidine rings is 1. The number of nitrogens with one attached hydrogen (secondary N) is 1. The second-order valence-corrected chi connectivity index (χ2v) is 6.91. The SMILES string of the molecule is C[C@H](N[C@@H](C)[C@@H]1CCCN(C2CCC2)C1)c1ccccn1. The number of pyridine rings is 1. The topological polar surface area (TPSA) is 28.2 Å². The molecule has 3 atom stereocenters. The van der Waals surface area contributed by atoms with E-state index >= 15 is 0 Å². The molecule has 0 unspecified atom stereocenters. The molecule has 2 fully saturated rings. The number of hydrogen-bond donors (Lipinski definition) is 1. The summed E-state index contributed by atoms with van der Waals surface area (Å²) in [5, 5.41) is 3.77. The van der Waals surface area contributed by atoms with Crippen LogP contribution >= 0.6 is 0 Å². The Morgan fingerprint density at radius 3 is 2.71 bits per heavy atom. The van der Waals surface area contributed by atoms with Crippen LogP contribution in [0, 0.1) is 5.92 Å². The predicted octanol–water partition coefficient (Wildman–Crippen LogP) is 3.39. The van der Waals surface area contributed by atoms with Crippen molar-refractivity contribution in [3.05, 3.63) is 30.1 Å². The van der Waals surface area contributed by atoms with Crippen LogP contribution < -0.4 is 5.32 Å². The predicted molar refractivity (Wildman–Crippen MR) is 87.2 cm³/mol. The van der Waals surface area contributed by atoms with Gasteiger partial charge in [-0.1, -0.05) is 12.5 Å². The van der Waals surface area contributed by atoms with Crippen LogP contribution in [0.1, 0.15) is 57.7 Å². The van der Waals surface area contributed by atoms with E-state index in [9.17, 15) is 0 Å². The Bertz CT molecular complexity index is 429. The molecule has 0 radical (unpaired) electrons. The first kappa shape index (κ1) is 15.0. The fourth-order valence-electron chi connectivity index (χ4n) is 3.78. The van der Waals surface area contributed by atoms with Gasteiger partial charge in [-0.05, 0) is 64.1 Å². The van der Waals surface area contributed by atoms with E-state index in [1.807, 2.05) is 12.3 Å². The molecule has 0 bridgehead atoms. The second-order valence-electron chi connectivity index (χ2n) is 6.91. The van der Waals surface area contributed by atoms with Crippen molar-refractivity contribution in [2.24, 2.45) is 5.92 Å². The monoisotopic (exact) mass is 287 g/mol. The summed E-state index contributed by atoms with van der Waals surface area (Å²) < 4.78 is 0. The maximum absolute atomic E-state index is 4.47. The highest BCUT2D eigenvalue weighted by molar-refractivity contribution is 5.08. The number of aromatic nitrogens is 1. The van der Waals surface area contributed by atoms with Crippen LogP contribution in [0.25, 0.3) is 0 Å². The summed E-state index contributed by atoms with van der Waals surface area (Å²) in [4.78, 5) is 7.22. The Labute approximate surface area is 129 Å². The molecule has 1 saturated heterocycles. The second kappa shape index (κ2) is 6.89. The minimum atomic E-state index is 0.334. The van der Waals surface area contributed by atoms with E-state index in [-0.39, 0.29) is 0 Å². The Hall–Kier alpha value is -0.930. The molecule has 2 aliphatic rings. The Morgan fingerprint density at radius 1 is 1.19 bits per heavy atom. The fraction of sp³-hybridized carbons (Fsp3) is 0.722. The normalized spacial score (nSPS) is 27.0. The summed E-state index contributed by atoms with van der Waals surface area (Å²) in [5.41, 5.74) is 1.15. The zero-order valence-electron chi connectivity index (χ0n) is 13.5. The molecule has 1 aromatic heterocycles. The molecule has 1 saturated carbocycles. The highest BCUT2D eigenvalue weighted by atomic mass is 15.2. The average Bonchev–Trinajstić information content (AvgIpc) is 2.46. The Morgan fingerprint density at radius 2 is 2.05 bits per heavy atom. The van der Waals surface area contributed by atoms with Gasteiger partial charge in [0, 0.05) is 30.9 Å². The maximum Gasteiger partial charge on any atom is 0.0570 e. The molecule has 1 aliphatic carbocycles. The number of rotatable bonds is 5. The van der Waals surface area contributed by atoms with Gasteiger partial charge >= 0.3 is 0 Å². The van der Waals surface area contributed by atoms with Crippen LogP contribution in [0.5, 0.6) is 0 Å². The lowest BCUT2D eigenvalue weighted by Gasteiger charge is -2.44. The number of hydrogen-bond acceptors (Lipinski definition) is 3. The molecule has 0 aromatic carbocycles.